The Morgan fingerprint density at radius 3 is 2.50 bits per heavy atom. The first-order chi connectivity index (χ1) is 9.63. The van der Waals surface area contributed by atoms with E-state index >= 15 is 0 Å². The Labute approximate surface area is 118 Å². The van der Waals surface area contributed by atoms with Crippen molar-refractivity contribution in [2.45, 2.75) is 0 Å². The average Bonchev–Trinajstić information content (AvgIpc) is 2.50. The van der Waals surface area contributed by atoms with Crippen molar-refractivity contribution < 1.29 is 14.4 Å². The Hall–Kier alpha value is -2.33. The molecule has 0 saturated heterocycles. The first-order valence-electron chi connectivity index (χ1n) is 6.21. The van der Waals surface area contributed by atoms with Crippen LogP contribution in [0.25, 0.3) is 16.8 Å². The Bertz CT molecular complexity index is 649. The average molecular weight is 271 g/mol. The summed E-state index contributed by atoms with van der Waals surface area (Å²) in [6, 6.07) is 11.9. The number of methoxy groups -OCH3 is 1. The van der Waals surface area contributed by atoms with Crippen molar-refractivity contribution in [3.8, 4) is 5.75 Å². The van der Waals surface area contributed by atoms with Gasteiger partial charge in [-0.25, -0.2) is 5.06 Å². The number of nitrogens with zero attached hydrogens (tertiary/aromatic N) is 1. The number of carbonyl (C=O) groups is 1. The van der Waals surface area contributed by atoms with Crippen LogP contribution in [-0.4, -0.2) is 32.2 Å². The predicted molar refractivity (Wildman–Crippen MR) is 79.3 cm³/mol. The molecule has 0 spiro atoms. The number of carbonyl (C=O) groups excluding carboxylic acids is 1. The third kappa shape index (κ3) is 3.16. The van der Waals surface area contributed by atoms with Crippen molar-refractivity contribution in [2.24, 2.45) is 0 Å². The van der Waals surface area contributed by atoms with E-state index in [0.29, 0.717) is 0 Å². The molecule has 0 aromatic heterocycles. The Morgan fingerprint density at radius 1 is 1.10 bits per heavy atom. The molecule has 4 heteroatoms. The zero-order chi connectivity index (χ0) is 14.5. The number of hydrogen-bond acceptors (Lipinski definition) is 3. The van der Waals surface area contributed by atoms with Crippen LogP contribution in [0.2, 0.25) is 0 Å². The van der Waals surface area contributed by atoms with Crippen LogP contribution in [0.3, 0.4) is 0 Å². The van der Waals surface area contributed by atoms with E-state index in [2.05, 4.69) is 0 Å². The van der Waals surface area contributed by atoms with Gasteiger partial charge in [-0.05, 0) is 40.6 Å². The number of hydroxylamine groups is 2. The molecule has 0 N–H and O–H groups in total. The van der Waals surface area contributed by atoms with Crippen molar-refractivity contribution in [1.29, 1.82) is 0 Å². The van der Waals surface area contributed by atoms with Crippen LogP contribution in [0, 0.1) is 0 Å². The largest absolute Gasteiger partial charge is 0.497 e. The summed E-state index contributed by atoms with van der Waals surface area (Å²) in [5.41, 5.74) is 0.959. The predicted octanol–water partition coefficient (Wildman–Crippen LogP) is 2.88. The lowest BCUT2D eigenvalue weighted by Crippen LogP contribution is -2.22. The molecule has 0 aliphatic heterocycles. The van der Waals surface area contributed by atoms with Crippen LogP contribution >= 0.6 is 0 Å². The summed E-state index contributed by atoms with van der Waals surface area (Å²) in [6.45, 7) is 0. The number of rotatable bonds is 4. The number of hydrogen-bond donors (Lipinski definition) is 0. The van der Waals surface area contributed by atoms with Gasteiger partial charge in [-0.1, -0.05) is 18.2 Å². The summed E-state index contributed by atoms with van der Waals surface area (Å²) >= 11 is 0. The fourth-order valence-electron chi connectivity index (χ4n) is 1.84. The SMILES string of the molecule is COc1ccc2cc(/C=C/C(=O)N(C)OC)ccc2c1. The highest BCUT2D eigenvalue weighted by Gasteiger charge is 2.02. The third-order valence-electron chi connectivity index (χ3n) is 3.07. The van der Waals surface area contributed by atoms with Crippen molar-refractivity contribution in [3.05, 3.63) is 48.0 Å². The Morgan fingerprint density at radius 2 is 1.80 bits per heavy atom. The van der Waals surface area contributed by atoms with Gasteiger partial charge >= 0.3 is 0 Å². The minimum Gasteiger partial charge on any atom is -0.497 e. The molecule has 4 nitrogen and oxygen atoms in total. The van der Waals surface area contributed by atoms with Gasteiger partial charge in [0.2, 0.25) is 0 Å². The minimum atomic E-state index is -0.206. The summed E-state index contributed by atoms with van der Waals surface area (Å²) in [6.07, 6.45) is 3.25. The second kappa shape index (κ2) is 6.21. The number of fused-ring (bicyclic) bond motifs is 1. The highest BCUT2D eigenvalue weighted by molar-refractivity contribution is 5.92. The van der Waals surface area contributed by atoms with Gasteiger partial charge in [0.25, 0.3) is 5.91 Å². The van der Waals surface area contributed by atoms with Crippen molar-refractivity contribution in [1.82, 2.24) is 5.06 Å². The van der Waals surface area contributed by atoms with Gasteiger partial charge < -0.3 is 4.74 Å². The Kier molecular flexibility index (Phi) is 4.38. The van der Waals surface area contributed by atoms with Gasteiger partial charge in [0, 0.05) is 13.1 Å². The standard InChI is InChI=1S/C16H17NO3/c1-17(20-3)16(18)9-5-12-4-6-14-11-15(19-2)8-7-13(14)10-12/h4-11H,1-3H3/b9-5+. The maximum Gasteiger partial charge on any atom is 0.269 e. The van der Waals surface area contributed by atoms with Crippen molar-refractivity contribution >= 4 is 22.8 Å². The highest BCUT2D eigenvalue weighted by Crippen LogP contribution is 2.22. The fraction of sp³-hybridized carbons (Fsp3) is 0.188. The zero-order valence-corrected chi connectivity index (χ0v) is 11.8. The molecule has 2 aromatic carbocycles. The number of amides is 1. The lowest BCUT2D eigenvalue weighted by molar-refractivity contribution is -0.162. The topological polar surface area (TPSA) is 38.8 Å². The molecule has 20 heavy (non-hydrogen) atoms. The van der Waals surface area contributed by atoms with Crippen LogP contribution in [0.5, 0.6) is 5.75 Å². The number of likely N-dealkylation sites (N-methyl/N-ethyl adjacent to an activating group) is 1. The van der Waals surface area contributed by atoms with E-state index in [1.807, 2.05) is 36.4 Å². The van der Waals surface area contributed by atoms with Crippen molar-refractivity contribution in [3.63, 3.8) is 0 Å². The van der Waals surface area contributed by atoms with Crippen LogP contribution in [-0.2, 0) is 9.63 Å². The monoisotopic (exact) mass is 271 g/mol. The van der Waals surface area contributed by atoms with Crippen LogP contribution in [0.4, 0.5) is 0 Å². The van der Waals surface area contributed by atoms with E-state index in [1.165, 1.54) is 18.2 Å². The summed E-state index contributed by atoms with van der Waals surface area (Å²) in [7, 11) is 4.67. The van der Waals surface area contributed by atoms with Gasteiger partial charge in [-0.3, -0.25) is 9.63 Å². The van der Waals surface area contributed by atoms with E-state index in [4.69, 9.17) is 9.57 Å². The Balaban J connectivity index is 2.24. The van der Waals surface area contributed by atoms with E-state index in [9.17, 15) is 4.79 Å². The molecule has 0 aliphatic carbocycles. The summed E-state index contributed by atoms with van der Waals surface area (Å²) in [4.78, 5) is 16.4. The smallest absolute Gasteiger partial charge is 0.269 e. The summed E-state index contributed by atoms with van der Waals surface area (Å²) in [5, 5.41) is 3.37. The number of benzene rings is 2. The summed E-state index contributed by atoms with van der Waals surface area (Å²) < 4.78 is 5.19. The normalized spacial score (nSPS) is 10.9. The van der Waals surface area contributed by atoms with Gasteiger partial charge in [0.1, 0.15) is 5.75 Å². The lowest BCUT2D eigenvalue weighted by Gasteiger charge is -2.10. The second-order valence-electron chi connectivity index (χ2n) is 4.32. The molecule has 1 amide bonds. The van der Waals surface area contributed by atoms with E-state index in [1.54, 1.807) is 20.2 Å². The quantitative estimate of drug-likeness (QED) is 0.634. The van der Waals surface area contributed by atoms with Crippen LogP contribution in [0.15, 0.2) is 42.5 Å². The molecule has 0 unspecified atom stereocenters. The molecule has 0 aliphatic rings. The number of ether oxygens (including phenoxy) is 1. The second-order valence-corrected chi connectivity index (χ2v) is 4.32. The van der Waals surface area contributed by atoms with E-state index in [-0.39, 0.29) is 5.91 Å². The minimum absolute atomic E-state index is 0.206. The van der Waals surface area contributed by atoms with E-state index in [0.717, 1.165) is 22.1 Å². The summed E-state index contributed by atoms with van der Waals surface area (Å²) in [5.74, 6) is 0.625. The lowest BCUT2D eigenvalue weighted by atomic mass is 10.1. The molecule has 0 bridgehead atoms. The molecular formula is C16H17NO3. The zero-order valence-electron chi connectivity index (χ0n) is 11.8. The van der Waals surface area contributed by atoms with E-state index < -0.39 is 0 Å². The van der Waals surface area contributed by atoms with Gasteiger partial charge in [-0.15, -0.1) is 0 Å². The maximum atomic E-state index is 11.6. The van der Waals surface area contributed by atoms with Gasteiger partial charge in [0.05, 0.1) is 14.2 Å². The first-order valence-corrected chi connectivity index (χ1v) is 6.21. The van der Waals surface area contributed by atoms with Crippen LogP contribution < -0.4 is 4.74 Å². The van der Waals surface area contributed by atoms with Gasteiger partial charge in [0.15, 0.2) is 0 Å². The molecular weight excluding hydrogens is 254 g/mol. The van der Waals surface area contributed by atoms with Crippen molar-refractivity contribution in [2.75, 3.05) is 21.3 Å². The molecule has 0 radical (unpaired) electrons. The highest BCUT2D eigenvalue weighted by atomic mass is 16.7. The molecule has 0 fully saturated rings. The first kappa shape index (κ1) is 14.1. The fourth-order valence-corrected chi connectivity index (χ4v) is 1.84. The molecule has 0 atom stereocenters. The third-order valence-corrected chi connectivity index (χ3v) is 3.07. The molecule has 0 heterocycles. The molecule has 0 saturated carbocycles. The molecule has 104 valence electrons. The molecule has 2 aromatic rings. The molecule has 2 rings (SSSR count). The van der Waals surface area contributed by atoms with Crippen LogP contribution in [0.1, 0.15) is 5.56 Å². The van der Waals surface area contributed by atoms with Gasteiger partial charge in [-0.2, -0.15) is 0 Å². The maximum absolute atomic E-state index is 11.6.